The Morgan fingerprint density at radius 1 is 1.41 bits per heavy atom. The van der Waals surface area contributed by atoms with Gasteiger partial charge in [0.25, 0.3) is 0 Å². The van der Waals surface area contributed by atoms with Gasteiger partial charge in [-0.1, -0.05) is 6.92 Å². The molecule has 0 saturated heterocycles. The quantitative estimate of drug-likeness (QED) is 0.788. The second kappa shape index (κ2) is 4.29. The second-order valence-electron chi connectivity index (χ2n) is 3.61. The normalized spacial score (nSPS) is 10.4. The van der Waals surface area contributed by atoms with E-state index in [1.165, 1.54) is 0 Å². The number of primary amides is 1. The lowest BCUT2D eigenvalue weighted by Crippen LogP contribution is -2.10. The Bertz CT molecular complexity index is 586. The molecule has 1 aromatic carbocycles. The largest absolute Gasteiger partial charge is 0.424 e. The first-order valence-electron chi connectivity index (χ1n) is 5.23. The number of H-pyrrole nitrogens is 1. The van der Waals surface area contributed by atoms with Crippen LogP contribution in [0.1, 0.15) is 23.7 Å². The Kier molecular flexibility index (Phi) is 2.82. The third-order valence-corrected chi connectivity index (χ3v) is 2.44. The molecule has 1 amide bonds. The molecule has 3 N–H and O–H groups in total. The van der Waals surface area contributed by atoms with Crippen LogP contribution < -0.4 is 10.5 Å². The molecule has 1 heterocycles. The number of amides is 1. The van der Waals surface area contributed by atoms with Crippen molar-refractivity contribution in [3.8, 4) is 5.75 Å². The SMILES string of the molecule is CCC(=O)Oc1c[nH]c2cc(C(N)=O)ccc12. The van der Waals surface area contributed by atoms with Crippen LogP contribution in [0.2, 0.25) is 0 Å². The molecule has 5 heteroatoms. The second-order valence-corrected chi connectivity index (χ2v) is 3.61. The van der Waals surface area contributed by atoms with Crippen LogP contribution in [0.25, 0.3) is 10.9 Å². The Labute approximate surface area is 97.6 Å². The summed E-state index contributed by atoms with van der Waals surface area (Å²) in [4.78, 5) is 25.1. The number of rotatable bonds is 3. The number of esters is 1. The zero-order valence-electron chi connectivity index (χ0n) is 9.32. The molecule has 0 unspecified atom stereocenters. The topological polar surface area (TPSA) is 85.2 Å². The summed E-state index contributed by atoms with van der Waals surface area (Å²) in [7, 11) is 0. The zero-order valence-corrected chi connectivity index (χ0v) is 9.32. The molecule has 2 rings (SSSR count). The van der Waals surface area contributed by atoms with Gasteiger partial charge in [0.1, 0.15) is 0 Å². The minimum Gasteiger partial charge on any atom is -0.424 e. The van der Waals surface area contributed by atoms with Gasteiger partial charge in [-0.2, -0.15) is 0 Å². The lowest BCUT2D eigenvalue weighted by Gasteiger charge is -2.00. The number of aromatic amines is 1. The first-order valence-corrected chi connectivity index (χ1v) is 5.23. The summed E-state index contributed by atoms with van der Waals surface area (Å²) in [5, 5.41) is 0.747. The van der Waals surface area contributed by atoms with Gasteiger partial charge in [0.05, 0.1) is 5.52 Å². The Morgan fingerprint density at radius 2 is 2.18 bits per heavy atom. The van der Waals surface area contributed by atoms with Gasteiger partial charge in [-0.15, -0.1) is 0 Å². The van der Waals surface area contributed by atoms with E-state index in [-0.39, 0.29) is 5.97 Å². The van der Waals surface area contributed by atoms with Crippen molar-refractivity contribution in [1.82, 2.24) is 4.98 Å². The molecule has 0 aliphatic heterocycles. The van der Waals surface area contributed by atoms with E-state index in [1.54, 1.807) is 31.3 Å². The smallest absolute Gasteiger partial charge is 0.310 e. The maximum Gasteiger partial charge on any atom is 0.310 e. The highest BCUT2D eigenvalue weighted by atomic mass is 16.5. The molecule has 0 saturated carbocycles. The zero-order chi connectivity index (χ0) is 12.4. The maximum atomic E-state index is 11.2. The van der Waals surface area contributed by atoms with Crippen molar-refractivity contribution < 1.29 is 14.3 Å². The standard InChI is InChI=1S/C12H12N2O3/c1-2-11(15)17-10-6-14-9-5-7(12(13)16)3-4-8(9)10/h3-6,14H,2H2,1H3,(H2,13,16). The lowest BCUT2D eigenvalue weighted by atomic mass is 10.1. The van der Waals surface area contributed by atoms with Crippen molar-refractivity contribution in [2.45, 2.75) is 13.3 Å². The highest BCUT2D eigenvalue weighted by Crippen LogP contribution is 2.26. The molecular weight excluding hydrogens is 220 g/mol. The van der Waals surface area contributed by atoms with E-state index < -0.39 is 5.91 Å². The number of benzene rings is 1. The first-order chi connectivity index (χ1) is 8.11. The predicted octanol–water partition coefficient (Wildman–Crippen LogP) is 1.58. The van der Waals surface area contributed by atoms with Crippen molar-refractivity contribution in [1.29, 1.82) is 0 Å². The maximum absolute atomic E-state index is 11.2. The van der Waals surface area contributed by atoms with E-state index in [0.29, 0.717) is 23.3 Å². The van der Waals surface area contributed by atoms with E-state index in [4.69, 9.17) is 10.5 Å². The molecule has 88 valence electrons. The fraction of sp³-hybridized carbons (Fsp3) is 0.167. The summed E-state index contributed by atoms with van der Waals surface area (Å²) < 4.78 is 5.13. The van der Waals surface area contributed by atoms with Crippen LogP contribution in [-0.4, -0.2) is 16.9 Å². The summed E-state index contributed by atoms with van der Waals surface area (Å²) in [5.41, 5.74) is 6.29. The number of hydrogen-bond acceptors (Lipinski definition) is 3. The summed E-state index contributed by atoms with van der Waals surface area (Å²) in [5.74, 6) is -0.332. The Hall–Kier alpha value is -2.30. The molecule has 0 fully saturated rings. The molecule has 1 aromatic heterocycles. The molecule has 0 aliphatic rings. The van der Waals surface area contributed by atoms with Gasteiger partial charge >= 0.3 is 5.97 Å². The lowest BCUT2D eigenvalue weighted by molar-refractivity contribution is -0.133. The fourth-order valence-electron chi connectivity index (χ4n) is 1.53. The molecule has 2 aromatic rings. The minimum atomic E-state index is -0.492. The van der Waals surface area contributed by atoms with Crippen LogP contribution in [-0.2, 0) is 4.79 Å². The Morgan fingerprint density at radius 3 is 2.82 bits per heavy atom. The third-order valence-electron chi connectivity index (χ3n) is 2.44. The van der Waals surface area contributed by atoms with Crippen LogP contribution in [0.3, 0.4) is 0 Å². The molecular formula is C12H12N2O3. The van der Waals surface area contributed by atoms with Crippen LogP contribution >= 0.6 is 0 Å². The van der Waals surface area contributed by atoms with Crippen molar-refractivity contribution in [3.05, 3.63) is 30.0 Å². The van der Waals surface area contributed by atoms with Gasteiger partial charge in [0, 0.05) is 23.6 Å². The molecule has 0 aliphatic carbocycles. The summed E-state index contributed by atoms with van der Waals surface area (Å²) in [6.45, 7) is 1.72. The van der Waals surface area contributed by atoms with Crippen molar-refractivity contribution >= 4 is 22.8 Å². The highest BCUT2D eigenvalue weighted by Gasteiger charge is 2.10. The highest BCUT2D eigenvalue weighted by molar-refractivity contribution is 5.98. The van der Waals surface area contributed by atoms with E-state index >= 15 is 0 Å². The molecule has 0 bridgehead atoms. The monoisotopic (exact) mass is 232 g/mol. The number of ether oxygens (including phenoxy) is 1. The summed E-state index contributed by atoms with van der Waals surface area (Å²) in [6.07, 6.45) is 1.90. The van der Waals surface area contributed by atoms with E-state index in [9.17, 15) is 9.59 Å². The molecule has 17 heavy (non-hydrogen) atoms. The van der Waals surface area contributed by atoms with Crippen molar-refractivity contribution in [2.24, 2.45) is 5.73 Å². The predicted molar refractivity (Wildman–Crippen MR) is 62.7 cm³/mol. The number of nitrogens with one attached hydrogen (secondary N) is 1. The van der Waals surface area contributed by atoms with Crippen LogP contribution in [0.5, 0.6) is 5.75 Å². The van der Waals surface area contributed by atoms with Crippen LogP contribution in [0.15, 0.2) is 24.4 Å². The van der Waals surface area contributed by atoms with E-state index in [1.807, 2.05) is 0 Å². The van der Waals surface area contributed by atoms with Gasteiger partial charge in [-0.3, -0.25) is 9.59 Å². The first kappa shape index (κ1) is 11.2. The third kappa shape index (κ3) is 2.13. The van der Waals surface area contributed by atoms with E-state index in [0.717, 1.165) is 5.39 Å². The Balaban J connectivity index is 2.41. The average Bonchev–Trinajstić information content (AvgIpc) is 2.71. The van der Waals surface area contributed by atoms with Crippen molar-refractivity contribution in [3.63, 3.8) is 0 Å². The van der Waals surface area contributed by atoms with Crippen LogP contribution in [0, 0.1) is 0 Å². The van der Waals surface area contributed by atoms with Gasteiger partial charge in [0.2, 0.25) is 5.91 Å². The minimum absolute atomic E-state index is 0.301. The molecule has 0 radical (unpaired) electrons. The number of aromatic nitrogens is 1. The summed E-state index contributed by atoms with van der Waals surface area (Å²) >= 11 is 0. The van der Waals surface area contributed by atoms with Crippen molar-refractivity contribution in [2.75, 3.05) is 0 Å². The van der Waals surface area contributed by atoms with E-state index in [2.05, 4.69) is 4.98 Å². The number of fused-ring (bicyclic) bond motifs is 1. The molecule has 5 nitrogen and oxygen atoms in total. The fourth-order valence-corrected chi connectivity index (χ4v) is 1.53. The van der Waals surface area contributed by atoms with Crippen LogP contribution in [0.4, 0.5) is 0 Å². The van der Waals surface area contributed by atoms with Gasteiger partial charge < -0.3 is 15.5 Å². The average molecular weight is 232 g/mol. The summed E-state index contributed by atoms with van der Waals surface area (Å²) in [6, 6.07) is 4.92. The van der Waals surface area contributed by atoms with Gasteiger partial charge in [0.15, 0.2) is 5.75 Å². The number of nitrogens with two attached hydrogens (primary N) is 1. The number of carbonyl (C=O) groups is 2. The molecule has 0 spiro atoms. The molecule has 0 atom stereocenters. The van der Waals surface area contributed by atoms with Gasteiger partial charge in [-0.25, -0.2) is 0 Å². The number of hydrogen-bond donors (Lipinski definition) is 2. The van der Waals surface area contributed by atoms with Gasteiger partial charge in [-0.05, 0) is 18.2 Å². The number of carbonyl (C=O) groups excluding carboxylic acids is 2.